The van der Waals surface area contributed by atoms with Crippen LogP contribution in [-0.4, -0.2) is 7.11 Å². The van der Waals surface area contributed by atoms with Crippen molar-refractivity contribution in [2.45, 2.75) is 24.8 Å². The Morgan fingerprint density at radius 3 is 2.82 bits per heavy atom. The third-order valence-corrected chi connectivity index (χ3v) is 4.05. The number of fused-ring (bicyclic) bond motifs is 1. The SMILES string of the molecule is COc1cc(C2(N)CCC2)c(Cl)c2ccoc12. The van der Waals surface area contributed by atoms with Gasteiger partial charge in [-0.2, -0.15) is 0 Å². The predicted octanol–water partition coefficient (Wildman–Crippen LogP) is 3.43. The molecule has 2 N–H and O–H groups in total. The van der Waals surface area contributed by atoms with E-state index in [0.29, 0.717) is 16.4 Å². The Morgan fingerprint density at radius 1 is 1.47 bits per heavy atom. The number of hydrogen-bond donors (Lipinski definition) is 1. The molecular weight excluding hydrogens is 238 g/mol. The molecule has 0 aliphatic heterocycles. The number of halogens is 1. The molecule has 1 heterocycles. The van der Waals surface area contributed by atoms with Crippen LogP contribution in [0, 0.1) is 0 Å². The van der Waals surface area contributed by atoms with Crippen molar-refractivity contribution in [3.8, 4) is 5.75 Å². The zero-order chi connectivity index (χ0) is 12.0. The fraction of sp³-hybridized carbons (Fsp3) is 0.385. The van der Waals surface area contributed by atoms with Crippen LogP contribution in [0.3, 0.4) is 0 Å². The van der Waals surface area contributed by atoms with Gasteiger partial charge in [0.25, 0.3) is 0 Å². The highest BCUT2D eigenvalue weighted by Gasteiger charge is 2.37. The van der Waals surface area contributed by atoms with Gasteiger partial charge in [0.1, 0.15) is 0 Å². The highest BCUT2D eigenvalue weighted by Crippen LogP contribution is 2.46. The first-order chi connectivity index (χ1) is 8.15. The number of furan rings is 1. The van der Waals surface area contributed by atoms with Crippen LogP contribution in [0.25, 0.3) is 11.0 Å². The summed E-state index contributed by atoms with van der Waals surface area (Å²) in [5, 5.41) is 1.56. The van der Waals surface area contributed by atoms with E-state index in [1.165, 1.54) is 0 Å². The number of rotatable bonds is 2. The third kappa shape index (κ3) is 1.46. The van der Waals surface area contributed by atoms with E-state index in [1.807, 2.05) is 12.1 Å². The van der Waals surface area contributed by atoms with Gasteiger partial charge >= 0.3 is 0 Å². The van der Waals surface area contributed by atoms with Gasteiger partial charge in [-0.3, -0.25) is 0 Å². The lowest BCUT2D eigenvalue weighted by molar-refractivity contribution is 0.253. The summed E-state index contributed by atoms with van der Waals surface area (Å²) in [7, 11) is 1.62. The molecule has 0 spiro atoms. The minimum atomic E-state index is -0.296. The van der Waals surface area contributed by atoms with E-state index in [0.717, 1.165) is 30.2 Å². The molecule has 0 bridgehead atoms. The average Bonchev–Trinajstić information content (AvgIpc) is 2.76. The van der Waals surface area contributed by atoms with Crippen LogP contribution in [0.1, 0.15) is 24.8 Å². The first kappa shape index (κ1) is 10.9. The normalized spacial score (nSPS) is 18.1. The third-order valence-electron chi connectivity index (χ3n) is 3.64. The van der Waals surface area contributed by atoms with E-state index >= 15 is 0 Å². The molecule has 0 atom stereocenters. The summed E-state index contributed by atoms with van der Waals surface area (Å²) in [4.78, 5) is 0. The second-order valence-electron chi connectivity index (χ2n) is 4.61. The van der Waals surface area contributed by atoms with Gasteiger partial charge in [-0.25, -0.2) is 0 Å². The first-order valence-electron chi connectivity index (χ1n) is 5.69. The lowest BCUT2D eigenvalue weighted by atomic mass is 9.72. The molecule has 1 aromatic heterocycles. The van der Waals surface area contributed by atoms with Crippen LogP contribution in [0.2, 0.25) is 5.02 Å². The van der Waals surface area contributed by atoms with Gasteiger partial charge in [0.05, 0.1) is 18.4 Å². The van der Waals surface area contributed by atoms with Crippen LogP contribution in [0.15, 0.2) is 22.8 Å². The van der Waals surface area contributed by atoms with Gasteiger partial charge in [-0.1, -0.05) is 11.6 Å². The Kier molecular flexibility index (Phi) is 2.35. The van der Waals surface area contributed by atoms with Crippen molar-refractivity contribution in [1.29, 1.82) is 0 Å². The summed E-state index contributed by atoms with van der Waals surface area (Å²) in [6.07, 6.45) is 4.71. The quantitative estimate of drug-likeness (QED) is 0.890. The first-order valence-corrected chi connectivity index (χ1v) is 6.06. The Morgan fingerprint density at radius 2 is 2.24 bits per heavy atom. The van der Waals surface area contributed by atoms with Crippen LogP contribution >= 0.6 is 11.6 Å². The molecule has 90 valence electrons. The molecule has 1 aromatic carbocycles. The van der Waals surface area contributed by atoms with Crippen LogP contribution in [0.5, 0.6) is 5.75 Å². The maximum atomic E-state index is 6.41. The molecule has 0 amide bonds. The zero-order valence-corrected chi connectivity index (χ0v) is 10.4. The minimum absolute atomic E-state index is 0.296. The lowest BCUT2D eigenvalue weighted by Gasteiger charge is -2.39. The van der Waals surface area contributed by atoms with Gasteiger partial charge in [0, 0.05) is 10.9 Å². The molecule has 0 unspecified atom stereocenters. The van der Waals surface area contributed by atoms with Crippen LogP contribution in [-0.2, 0) is 5.54 Å². The van der Waals surface area contributed by atoms with E-state index in [2.05, 4.69) is 0 Å². The van der Waals surface area contributed by atoms with E-state index < -0.39 is 0 Å². The Hall–Kier alpha value is -1.19. The molecule has 0 radical (unpaired) electrons. The van der Waals surface area contributed by atoms with E-state index in [-0.39, 0.29) is 5.54 Å². The molecule has 1 aliphatic rings. The summed E-state index contributed by atoms with van der Waals surface area (Å²) in [5.74, 6) is 0.695. The summed E-state index contributed by atoms with van der Waals surface area (Å²) < 4.78 is 10.7. The number of nitrogens with two attached hydrogens (primary N) is 1. The molecule has 17 heavy (non-hydrogen) atoms. The average molecular weight is 252 g/mol. The fourth-order valence-corrected chi connectivity index (χ4v) is 2.81. The second-order valence-corrected chi connectivity index (χ2v) is 4.99. The van der Waals surface area contributed by atoms with Gasteiger partial charge in [-0.15, -0.1) is 0 Å². The Labute approximate surface area is 104 Å². The maximum absolute atomic E-state index is 6.41. The van der Waals surface area contributed by atoms with Crippen molar-refractivity contribution >= 4 is 22.6 Å². The summed E-state index contributed by atoms with van der Waals surface area (Å²) in [6.45, 7) is 0. The highest BCUT2D eigenvalue weighted by atomic mass is 35.5. The van der Waals surface area contributed by atoms with Crippen LogP contribution < -0.4 is 10.5 Å². The van der Waals surface area contributed by atoms with E-state index in [4.69, 9.17) is 26.5 Å². The zero-order valence-electron chi connectivity index (χ0n) is 9.63. The Bertz CT molecular complexity index is 572. The van der Waals surface area contributed by atoms with Crippen molar-refractivity contribution in [3.63, 3.8) is 0 Å². The number of hydrogen-bond acceptors (Lipinski definition) is 3. The smallest absolute Gasteiger partial charge is 0.177 e. The predicted molar refractivity (Wildman–Crippen MR) is 67.5 cm³/mol. The van der Waals surface area contributed by atoms with Crippen LogP contribution in [0.4, 0.5) is 0 Å². The maximum Gasteiger partial charge on any atom is 0.177 e. The number of ether oxygens (including phenoxy) is 1. The van der Waals surface area contributed by atoms with Gasteiger partial charge in [0.2, 0.25) is 0 Å². The molecule has 1 saturated carbocycles. The van der Waals surface area contributed by atoms with Crippen molar-refractivity contribution in [3.05, 3.63) is 29.0 Å². The van der Waals surface area contributed by atoms with Gasteiger partial charge < -0.3 is 14.9 Å². The molecule has 3 nitrogen and oxygen atoms in total. The fourth-order valence-electron chi connectivity index (χ4n) is 2.42. The van der Waals surface area contributed by atoms with Crippen molar-refractivity contribution in [2.24, 2.45) is 5.73 Å². The Balaban J connectivity index is 2.28. The number of benzene rings is 1. The van der Waals surface area contributed by atoms with Crippen molar-refractivity contribution in [2.75, 3.05) is 7.11 Å². The molecule has 1 fully saturated rings. The molecule has 4 heteroatoms. The molecule has 1 aliphatic carbocycles. The summed E-state index contributed by atoms with van der Waals surface area (Å²) in [5.41, 5.74) is 7.69. The van der Waals surface area contributed by atoms with Gasteiger partial charge in [0.15, 0.2) is 11.3 Å². The van der Waals surface area contributed by atoms with Crippen molar-refractivity contribution < 1.29 is 9.15 Å². The van der Waals surface area contributed by atoms with E-state index in [9.17, 15) is 0 Å². The monoisotopic (exact) mass is 251 g/mol. The topological polar surface area (TPSA) is 48.4 Å². The summed E-state index contributed by atoms with van der Waals surface area (Å²) in [6, 6.07) is 3.76. The molecule has 3 rings (SSSR count). The lowest BCUT2D eigenvalue weighted by Crippen LogP contribution is -2.43. The standard InChI is InChI=1S/C13H14ClNO2/c1-16-10-7-9(13(15)4-2-5-13)11(14)8-3-6-17-12(8)10/h3,6-7H,2,4-5,15H2,1H3. The largest absolute Gasteiger partial charge is 0.493 e. The van der Waals surface area contributed by atoms with E-state index in [1.54, 1.807) is 13.4 Å². The minimum Gasteiger partial charge on any atom is -0.493 e. The highest BCUT2D eigenvalue weighted by molar-refractivity contribution is 6.36. The second kappa shape index (κ2) is 3.65. The molecular formula is C13H14ClNO2. The number of methoxy groups -OCH3 is 1. The summed E-state index contributed by atoms with van der Waals surface area (Å²) >= 11 is 6.41. The van der Waals surface area contributed by atoms with Gasteiger partial charge in [-0.05, 0) is 37.0 Å². The van der Waals surface area contributed by atoms with Crippen molar-refractivity contribution in [1.82, 2.24) is 0 Å². The molecule has 2 aromatic rings. The molecule has 0 saturated heterocycles.